The molecule has 0 spiro atoms. The van der Waals surface area contributed by atoms with Crippen molar-refractivity contribution in [3.05, 3.63) is 33.8 Å². The second-order valence-electron chi connectivity index (χ2n) is 2.59. The number of carboxylic acids is 1. The molecule has 0 aliphatic rings. The fraction of sp³-hybridized carbons (Fsp3) is 0.111. The highest BCUT2D eigenvalue weighted by Crippen LogP contribution is 2.16. The van der Waals surface area contributed by atoms with Crippen molar-refractivity contribution in [1.82, 2.24) is 0 Å². The molecule has 0 aliphatic carbocycles. The summed E-state index contributed by atoms with van der Waals surface area (Å²) in [5.74, 6) is -2.31. The van der Waals surface area contributed by atoms with Crippen molar-refractivity contribution in [2.45, 2.75) is 6.92 Å². The first kappa shape index (κ1) is 9.92. The van der Waals surface area contributed by atoms with E-state index in [4.69, 9.17) is 5.11 Å². The molecule has 1 aromatic carbocycles. The lowest BCUT2D eigenvalue weighted by Crippen LogP contribution is -2.13. The van der Waals surface area contributed by atoms with Gasteiger partial charge in [0, 0.05) is 10.0 Å². The number of aliphatic carboxylic acids is 1. The van der Waals surface area contributed by atoms with Crippen molar-refractivity contribution in [3.63, 3.8) is 0 Å². The highest BCUT2D eigenvalue weighted by atomic mass is 79.9. The summed E-state index contributed by atoms with van der Waals surface area (Å²) >= 11 is 3.17. The van der Waals surface area contributed by atoms with E-state index in [1.165, 1.54) is 6.07 Å². The zero-order valence-electron chi connectivity index (χ0n) is 6.87. The van der Waals surface area contributed by atoms with Crippen LogP contribution in [0, 0.1) is 6.92 Å². The maximum Gasteiger partial charge on any atom is 0.377 e. The Bertz CT molecular complexity index is 371. The largest absolute Gasteiger partial charge is 0.475 e. The molecule has 4 heteroatoms. The van der Waals surface area contributed by atoms with Crippen molar-refractivity contribution >= 4 is 27.7 Å². The predicted molar refractivity (Wildman–Crippen MR) is 50.8 cm³/mol. The minimum atomic E-state index is -1.43. The lowest BCUT2D eigenvalue weighted by Gasteiger charge is -2.01. The summed E-state index contributed by atoms with van der Waals surface area (Å²) in [5, 5.41) is 8.49. The van der Waals surface area contributed by atoms with Crippen molar-refractivity contribution < 1.29 is 14.7 Å². The van der Waals surface area contributed by atoms with Gasteiger partial charge in [-0.3, -0.25) is 4.79 Å². The third-order valence-electron chi connectivity index (χ3n) is 1.64. The molecule has 0 saturated carbocycles. The zero-order chi connectivity index (χ0) is 10.0. The molecular weight excluding hydrogens is 236 g/mol. The van der Waals surface area contributed by atoms with Gasteiger partial charge in [-0.15, -0.1) is 0 Å². The van der Waals surface area contributed by atoms with Gasteiger partial charge >= 0.3 is 5.97 Å². The summed E-state index contributed by atoms with van der Waals surface area (Å²) in [6, 6.07) is 4.96. The van der Waals surface area contributed by atoms with Gasteiger partial charge in [0.15, 0.2) is 0 Å². The average molecular weight is 243 g/mol. The zero-order valence-corrected chi connectivity index (χ0v) is 8.46. The summed E-state index contributed by atoms with van der Waals surface area (Å²) in [6.07, 6.45) is 0. The molecule has 0 heterocycles. The molecule has 0 saturated heterocycles. The second kappa shape index (κ2) is 3.70. The van der Waals surface area contributed by atoms with E-state index in [0.717, 1.165) is 0 Å². The first-order valence-corrected chi connectivity index (χ1v) is 4.35. The Balaban J connectivity index is 3.21. The molecule has 68 valence electrons. The normalized spacial score (nSPS) is 9.69. The van der Waals surface area contributed by atoms with Crippen LogP contribution in [0.1, 0.15) is 15.9 Å². The Labute approximate surface area is 83.5 Å². The quantitative estimate of drug-likeness (QED) is 0.638. The average Bonchev–Trinajstić information content (AvgIpc) is 2.08. The Kier molecular flexibility index (Phi) is 2.83. The monoisotopic (exact) mass is 242 g/mol. The number of halogens is 1. The Morgan fingerprint density at radius 3 is 2.54 bits per heavy atom. The molecule has 0 bridgehead atoms. The highest BCUT2D eigenvalue weighted by Gasteiger charge is 2.16. The smallest absolute Gasteiger partial charge is 0.377 e. The topological polar surface area (TPSA) is 54.4 Å². The molecule has 0 amide bonds. The summed E-state index contributed by atoms with van der Waals surface area (Å²) in [5.41, 5.74) is 0.887. The Morgan fingerprint density at radius 2 is 2.00 bits per heavy atom. The van der Waals surface area contributed by atoms with E-state index >= 15 is 0 Å². The highest BCUT2D eigenvalue weighted by molar-refractivity contribution is 9.10. The Morgan fingerprint density at radius 1 is 1.38 bits per heavy atom. The molecule has 1 N–H and O–H groups in total. The summed E-state index contributed by atoms with van der Waals surface area (Å²) in [4.78, 5) is 21.5. The third-order valence-corrected chi connectivity index (χ3v) is 2.13. The van der Waals surface area contributed by atoms with Crippen LogP contribution in [-0.2, 0) is 4.79 Å². The van der Waals surface area contributed by atoms with Gasteiger partial charge in [-0.1, -0.05) is 22.0 Å². The van der Waals surface area contributed by atoms with Gasteiger partial charge in [0.05, 0.1) is 0 Å². The van der Waals surface area contributed by atoms with E-state index in [0.29, 0.717) is 10.0 Å². The van der Waals surface area contributed by atoms with E-state index in [-0.39, 0.29) is 5.56 Å². The predicted octanol–water partition coefficient (Wildman–Crippen LogP) is 2.02. The molecule has 0 fully saturated rings. The van der Waals surface area contributed by atoms with E-state index in [2.05, 4.69) is 15.9 Å². The molecule has 1 aromatic rings. The number of carbonyl (C=O) groups excluding carboxylic acids is 1. The summed E-state index contributed by atoms with van der Waals surface area (Å²) < 4.78 is 0.697. The lowest BCUT2D eigenvalue weighted by molar-refractivity contribution is -0.131. The molecular formula is C9H7BrO3. The number of carbonyl (C=O) groups is 2. The number of aryl methyl sites for hydroxylation is 1. The van der Waals surface area contributed by atoms with Crippen LogP contribution in [0.5, 0.6) is 0 Å². The van der Waals surface area contributed by atoms with Crippen LogP contribution >= 0.6 is 15.9 Å². The molecule has 0 radical (unpaired) electrons. The minimum Gasteiger partial charge on any atom is -0.475 e. The van der Waals surface area contributed by atoms with Crippen LogP contribution in [-0.4, -0.2) is 16.9 Å². The van der Waals surface area contributed by atoms with Crippen LogP contribution < -0.4 is 0 Å². The molecule has 1 rings (SSSR count). The lowest BCUT2D eigenvalue weighted by atomic mass is 10.1. The molecule has 0 aromatic heterocycles. The standard InChI is InChI=1S/C9H7BrO3/c1-5-2-3-6(10)4-7(5)8(11)9(12)13/h2-4H,1H3,(H,12,13). The fourth-order valence-corrected chi connectivity index (χ4v) is 1.32. The minimum absolute atomic E-state index is 0.224. The van der Waals surface area contributed by atoms with Gasteiger partial charge < -0.3 is 5.11 Å². The van der Waals surface area contributed by atoms with E-state index in [9.17, 15) is 9.59 Å². The van der Waals surface area contributed by atoms with Gasteiger partial charge in [0.1, 0.15) is 0 Å². The van der Waals surface area contributed by atoms with Crippen LogP contribution in [0.4, 0.5) is 0 Å². The first-order valence-electron chi connectivity index (χ1n) is 3.56. The fourth-order valence-electron chi connectivity index (χ4n) is 0.954. The third kappa shape index (κ3) is 2.15. The first-order chi connectivity index (χ1) is 6.02. The molecule has 3 nitrogen and oxygen atoms in total. The van der Waals surface area contributed by atoms with E-state index in [1.807, 2.05) is 0 Å². The molecule has 0 atom stereocenters. The number of benzene rings is 1. The number of hydrogen-bond acceptors (Lipinski definition) is 2. The van der Waals surface area contributed by atoms with Gasteiger partial charge in [-0.2, -0.15) is 0 Å². The number of hydrogen-bond donors (Lipinski definition) is 1. The van der Waals surface area contributed by atoms with Gasteiger partial charge in [-0.25, -0.2) is 4.79 Å². The van der Waals surface area contributed by atoms with Crippen LogP contribution in [0.3, 0.4) is 0 Å². The Hall–Kier alpha value is -1.16. The van der Waals surface area contributed by atoms with Crippen LogP contribution in [0.25, 0.3) is 0 Å². The van der Waals surface area contributed by atoms with Gasteiger partial charge in [0.25, 0.3) is 5.78 Å². The maximum atomic E-state index is 11.1. The second-order valence-corrected chi connectivity index (χ2v) is 3.51. The van der Waals surface area contributed by atoms with Gasteiger partial charge in [-0.05, 0) is 24.6 Å². The van der Waals surface area contributed by atoms with Gasteiger partial charge in [0.2, 0.25) is 0 Å². The van der Waals surface area contributed by atoms with Crippen molar-refractivity contribution in [2.75, 3.05) is 0 Å². The van der Waals surface area contributed by atoms with E-state index in [1.54, 1.807) is 19.1 Å². The number of ketones is 1. The number of Topliss-reactive ketones (excluding diaryl/α,β-unsaturated/α-hetero) is 1. The van der Waals surface area contributed by atoms with Crippen molar-refractivity contribution in [3.8, 4) is 0 Å². The van der Waals surface area contributed by atoms with Crippen LogP contribution in [0.2, 0.25) is 0 Å². The molecule has 13 heavy (non-hydrogen) atoms. The number of carboxylic acid groups (broad SMARTS) is 1. The summed E-state index contributed by atoms with van der Waals surface area (Å²) in [6.45, 7) is 1.70. The summed E-state index contributed by atoms with van der Waals surface area (Å²) in [7, 11) is 0. The van der Waals surface area contributed by atoms with Crippen LogP contribution in [0.15, 0.2) is 22.7 Å². The SMILES string of the molecule is Cc1ccc(Br)cc1C(=O)C(=O)O. The van der Waals surface area contributed by atoms with Crippen molar-refractivity contribution in [1.29, 1.82) is 0 Å². The van der Waals surface area contributed by atoms with E-state index < -0.39 is 11.8 Å². The molecule has 0 unspecified atom stereocenters. The number of rotatable bonds is 2. The van der Waals surface area contributed by atoms with Crippen molar-refractivity contribution in [2.24, 2.45) is 0 Å². The maximum absolute atomic E-state index is 11.1. The molecule has 0 aliphatic heterocycles.